The maximum atomic E-state index is 11.6. The minimum atomic E-state index is 0.148. The summed E-state index contributed by atoms with van der Waals surface area (Å²) in [7, 11) is 1.65. The largest absolute Gasteiger partial charge is 0.497 e. The number of hydrogen-bond donors (Lipinski definition) is 1. The van der Waals surface area contributed by atoms with Crippen LogP contribution in [0.15, 0.2) is 24.3 Å². The number of carbonyl (C=O) groups is 1. The van der Waals surface area contributed by atoms with E-state index in [1.807, 2.05) is 31.2 Å². The number of carbonyl (C=O) groups excluding carboxylic acids is 1. The maximum absolute atomic E-state index is 11.6. The zero-order chi connectivity index (χ0) is 11.5. The molecule has 16 heavy (non-hydrogen) atoms. The molecule has 0 spiro atoms. The summed E-state index contributed by atoms with van der Waals surface area (Å²) in [6.45, 7) is 1.97. The van der Waals surface area contributed by atoms with E-state index in [1.165, 1.54) is 0 Å². The molecule has 2 atom stereocenters. The predicted octanol–water partition coefficient (Wildman–Crippen LogP) is 2.28. The van der Waals surface area contributed by atoms with Crippen molar-refractivity contribution in [3.8, 4) is 5.75 Å². The van der Waals surface area contributed by atoms with Crippen LogP contribution < -0.4 is 10.1 Å². The highest BCUT2D eigenvalue weighted by atomic mass is 16.5. The van der Waals surface area contributed by atoms with E-state index >= 15 is 0 Å². The van der Waals surface area contributed by atoms with Crippen molar-refractivity contribution in [1.29, 1.82) is 0 Å². The summed E-state index contributed by atoms with van der Waals surface area (Å²) in [6.07, 6.45) is 1.97. The van der Waals surface area contributed by atoms with Crippen molar-refractivity contribution in [1.82, 2.24) is 5.32 Å². The van der Waals surface area contributed by atoms with E-state index in [1.54, 1.807) is 7.11 Å². The monoisotopic (exact) mass is 219 g/mol. The van der Waals surface area contributed by atoms with Crippen molar-refractivity contribution < 1.29 is 9.53 Å². The number of methoxy groups -OCH3 is 1. The van der Waals surface area contributed by atoms with Crippen LogP contribution in [0.25, 0.3) is 0 Å². The zero-order valence-corrected chi connectivity index (χ0v) is 9.69. The van der Waals surface area contributed by atoms with Crippen LogP contribution in [0.1, 0.15) is 31.4 Å². The van der Waals surface area contributed by atoms with Crippen molar-refractivity contribution in [2.45, 2.75) is 25.8 Å². The average Bonchev–Trinajstić information content (AvgIpc) is 2.33. The summed E-state index contributed by atoms with van der Waals surface area (Å²) < 4.78 is 5.11. The Morgan fingerprint density at radius 3 is 2.50 bits per heavy atom. The van der Waals surface area contributed by atoms with Crippen LogP contribution in [0.5, 0.6) is 5.75 Å². The Morgan fingerprint density at radius 1 is 1.25 bits per heavy atom. The number of amides is 1. The molecule has 1 fully saturated rings. The van der Waals surface area contributed by atoms with Crippen LogP contribution in [-0.4, -0.2) is 13.0 Å². The topological polar surface area (TPSA) is 38.3 Å². The quantitative estimate of drug-likeness (QED) is 0.828. The number of nitrogens with one attached hydrogen (secondary N) is 1. The fraction of sp³-hybridized carbons (Fsp3) is 0.462. The maximum Gasteiger partial charge on any atom is 0.223 e. The Morgan fingerprint density at radius 2 is 1.94 bits per heavy atom. The molecule has 0 unspecified atom stereocenters. The zero-order valence-electron chi connectivity index (χ0n) is 9.69. The normalized spacial score (nSPS) is 25.0. The van der Waals surface area contributed by atoms with E-state index in [9.17, 15) is 4.79 Å². The molecule has 86 valence electrons. The van der Waals surface area contributed by atoms with Gasteiger partial charge < -0.3 is 10.1 Å². The van der Waals surface area contributed by atoms with Gasteiger partial charge in [0.15, 0.2) is 0 Å². The lowest BCUT2D eigenvalue weighted by molar-refractivity contribution is -0.127. The molecule has 0 aromatic heterocycles. The minimum absolute atomic E-state index is 0.148. The van der Waals surface area contributed by atoms with Crippen molar-refractivity contribution >= 4 is 5.91 Å². The third kappa shape index (κ3) is 2.18. The van der Waals surface area contributed by atoms with Gasteiger partial charge in [-0.1, -0.05) is 19.1 Å². The van der Waals surface area contributed by atoms with Crippen molar-refractivity contribution in [2.24, 2.45) is 5.92 Å². The summed E-state index contributed by atoms with van der Waals surface area (Å²) in [5.41, 5.74) is 1.15. The Balaban J connectivity index is 2.09. The summed E-state index contributed by atoms with van der Waals surface area (Å²) in [6, 6.07) is 8.05. The first kappa shape index (κ1) is 11.0. The van der Waals surface area contributed by atoms with Gasteiger partial charge in [0.1, 0.15) is 5.75 Å². The third-order valence-electron chi connectivity index (χ3n) is 3.17. The fourth-order valence-corrected chi connectivity index (χ4v) is 2.02. The van der Waals surface area contributed by atoms with E-state index in [4.69, 9.17) is 4.74 Å². The van der Waals surface area contributed by atoms with Gasteiger partial charge in [0, 0.05) is 5.92 Å². The molecule has 0 saturated carbocycles. The highest BCUT2D eigenvalue weighted by molar-refractivity contribution is 5.79. The Hall–Kier alpha value is -1.51. The molecule has 1 saturated heterocycles. The van der Waals surface area contributed by atoms with Crippen LogP contribution in [-0.2, 0) is 4.79 Å². The van der Waals surface area contributed by atoms with Gasteiger partial charge >= 0.3 is 0 Å². The van der Waals surface area contributed by atoms with E-state index in [-0.39, 0.29) is 17.9 Å². The Labute approximate surface area is 95.8 Å². The summed E-state index contributed by atoms with van der Waals surface area (Å²) in [5, 5.41) is 3.04. The van der Waals surface area contributed by atoms with Gasteiger partial charge in [-0.05, 0) is 30.5 Å². The highest BCUT2D eigenvalue weighted by Crippen LogP contribution is 2.27. The number of hydrogen-bond acceptors (Lipinski definition) is 2. The van der Waals surface area contributed by atoms with E-state index in [2.05, 4.69) is 5.32 Å². The van der Waals surface area contributed by atoms with Crippen LogP contribution in [0.4, 0.5) is 0 Å². The molecular weight excluding hydrogens is 202 g/mol. The fourth-order valence-electron chi connectivity index (χ4n) is 2.02. The lowest BCUT2D eigenvalue weighted by Gasteiger charge is -2.27. The van der Waals surface area contributed by atoms with E-state index in [0.717, 1.165) is 24.2 Å². The second kappa shape index (κ2) is 4.56. The van der Waals surface area contributed by atoms with Gasteiger partial charge in [0.05, 0.1) is 13.2 Å². The molecule has 1 amide bonds. The Kier molecular flexibility index (Phi) is 3.13. The molecule has 1 N–H and O–H groups in total. The number of ether oxygens (including phenoxy) is 1. The number of piperidine rings is 1. The summed E-state index contributed by atoms with van der Waals surface area (Å²) >= 11 is 0. The first-order valence-electron chi connectivity index (χ1n) is 5.65. The smallest absolute Gasteiger partial charge is 0.223 e. The molecule has 2 rings (SSSR count). The SMILES string of the molecule is COc1ccc([C@@H]2CC[C@H](C)C(=O)N2)cc1. The third-order valence-corrected chi connectivity index (χ3v) is 3.17. The minimum Gasteiger partial charge on any atom is -0.497 e. The van der Waals surface area contributed by atoms with Gasteiger partial charge in [-0.2, -0.15) is 0 Å². The first-order chi connectivity index (χ1) is 7.70. The lowest BCUT2D eigenvalue weighted by Crippen LogP contribution is -2.37. The molecule has 0 bridgehead atoms. The molecule has 1 aliphatic heterocycles. The molecule has 1 heterocycles. The average molecular weight is 219 g/mol. The standard InChI is InChI=1S/C13H17NO2/c1-9-3-8-12(14-13(9)15)10-4-6-11(16-2)7-5-10/h4-7,9,12H,3,8H2,1-2H3,(H,14,15)/t9-,12-/m0/s1. The highest BCUT2D eigenvalue weighted by Gasteiger charge is 2.25. The number of rotatable bonds is 2. The van der Waals surface area contributed by atoms with Crippen molar-refractivity contribution in [3.63, 3.8) is 0 Å². The Bertz CT molecular complexity index is 372. The lowest BCUT2D eigenvalue weighted by atomic mass is 9.91. The van der Waals surface area contributed by atoms with Crippen LogP contribution in [0, 0.1) is 5.92 Å². The molecule has 1 aromatic carbocycles. The molecule has 0 aliphatic carbocycles. The molecule has 1 aromatic rings. The second-order valence-electron chi connectivity index (χ2n) is 4.31. The molecule has 3 heteroatoms. The van der Waals surface area contributed by atoms with Crippen LogP contribution >= 0.6 is 0 Å². The summed E-state index contributed by atoms with van der Waals surface area (Å²) in [4.78, 5) is 11.6. The van der Waals surface area contributed by atoms with E-state index in [0.29, 0.717) is 0 Å². The molecule has 1 aliphatic rings. The number of benzene rings is 1. The van der Waals surface area contributed by atoms with Crippen molar-refractivity contribution in [2.75, 3.05) is 7.11 Å². The summed E-state index contributed by atoms with van der Waals surface area (Å²) in [5.74, 6) is 1.15. The van der Waals surface area contributed by atoms with Crippen molar-refractivity contribution in [3.05, 3.63) is 29.8 Å². The van der Waals surface area contributed by atoms with Gasteiger partial charge in [-0.3, -0.25) is 4.79 Å². The molecular formula is C13H17NO2. The van der Waals surface area contributed by atoms with Crippen LogP contribution in [0.2, 0.25) is 0 Å². The van der Waals surface area contributed by atoms with Gasteiger partial charge in [0.25, 0.3) is 0 Å². The molecule has 3 nitrogen and oxygen atoms in total. The predicted molar refractivity (Wildman–Crippen MR) is 62.3 cm³/mol. The van der Waals surface area contributed by atoms with Crippen LogP contribution in [0.3, 0.4) is 0 Å². The van der Waals surface area contributed by atoms with Gasteiger partial charge in [-0.15, -0.1) is 0 Å². The molecule has 0 radical (unpaired) electrons. The van der Waals surface area contributed by atoms with E-state index < -0.39 is 0 Å². The van der Waals surface area contributed by atoms with Gasteiger partial charge in [0.2, 0.25) is 5.91 Å². The van der Waals surface area contributed by atoms with Gasteiger partial charge in [-0.25, -0.2) is 0 Å². The first-order valence-corrected chi connectivity index (χ1v) is 5.65. The second-order valence-corrected chi connectivity index (χ2v) is 4.31.